The van der Waals surface area contributed by atoms with E-state index < -0.39 is 27.2 Å². The van der Waals surface area contributed by atoms with Crippen molar-refractivity contribution in [3.8, 4) is 0 Å². The highest BCUT2D eigenvalue weighted by Gasteiger charge is 2.31. The van der Waals surface area contributed by atoms with Crippen molar-refractivity contribution >= 4 is 27.7 Å². The fourth-order valence-corrected chi connectivity index (χ4v) is 5.47. The average Bonchev–Trinajstić information content (AvgIpc) is 2.72. The molecular formula is C25H20ClF2NO3S. The molecule has 8 heteroatoms. The first-order valence-electron chi connectivity index (χ1n) is 10.1. The number of rotatable bonds is 7. The van der Waals surface area contributed by atoms with Crippen molar-refractivity contribution in [2.45, 2.75) is 11.8 Å². The van der Waals surface area contributed by atoms with Crippen LogP contribution in [-0.2, 0) is 15.6 Å². The van der Waals surface area contributed by atoms with Crippen molar-refractivity contribution in [2.75, 3.05) is 13.1 Å². The van der Waals surface area contributed by atoms with E-state index in [1.54, 1.807) is 24.3 Å². The van der Waals surface area contributed by atoms with Gasteiger partial charge in [0.05, 0.1) is 11.8 Å². The Morgan fingerprint density at radius 2 is 1.45 bits per heavy atom. The second kappa shape index (κ2) is 9.55. The average molecular weight is 488 g/mol. The van der Waals surface area contributed by atoms with Gasteiger partial charge in [-0.3, -0.25) is 9.69 Å². The van der Waals surface area contributed by atoms with Crippen molar-refractivity contribution in [3.63, 3.8) is 0 Å². The highest BCUT2D eigenvalue weighted by Crippen LogP contribution is 2.35. The molecule has 0 bridgehead atoms. The molecule has 1 aliphatic rings. The van der Waals surface area contributed by atoms with Crippen LogP contribution in [0, 0.1) is 11.6 Å². The second-order valence-electron chi connectivity index (χ2n) is 8.00. The predicted molar refractivity (Wildman–Crippen MR) is 124 cm³/mol. The van der Waals surface area contributed by atoms with Gasteiger partial charge in [0.15, 0.2) is 9.84 Å². The lowest BCUT2D eigenvalue weighted by atomic mass is 9.93. The molecule has 0 N–H and O–H groups in total. The third-order valence-electron chi connectivity index (χ3n) is 5.39. The quantitative estimate of drug-likeness (QED) is 0.422. The SMILES string of the molecule is O=Cc1ccc(C(c2ccc(Cl)cc2)N2CC(=CS(=O)(=O)Cc3cc(F)cc(F)c3)C2)cc1. The van der Waals surface area contributed by atoms with Gasteiger partial charge in [0.2, 0.25) is 0 Å². The maximum absolute atomic E-state index is 13.4. The molecule has 170 valence electrons. The highest BCUT2D eigenvalue weighted by atomic mass is 35.5. The lowest BCUT2D eigenvalue weighted by Gasteiger charge is -2.41. The predicted octanol–water partition coefficient (Wildman–Crippen LogP) is 5.33. The number of halogens is 3. The molecule has 1 atom stereocenters. The molecule has 0 aromatic heterocycles. The Labute approximate surface area is 196 Å². The van der Waals surface area contributed by atoms with Crippen molar-refractivity contribution in [1.29, 1.82) is 0 Å². The van der Waals surface area contributed by atoms with Crippen LogP contribution in [0.25, 0.3) is 0 Å². The summed E-state index contributed by atoms with van der Waals surface area (Å²) < 4.78 is 51.9. The molecule has 0 spiro atoms. The summed E-state index contributed by atoms with van der Waals surface area (Å²) in [6.07, 6.45) is 0.779. The van der Waals surface area contributed by atoms with Crippen LogP contribution in [0.15, 0.2) is 77.7 Å². The maximum Gasteiger partial charge on any atom is 0.175 e. The third kappa shape index (κ3) is 5.74. The summed E-state index contributed by atoms with van der Waals surface area (Å²) in [4.78, 5) is 13.1. The third-order valence-corrected chi connectivity index (χ3v) is 7.07. The zero-order valence-corrected chi connectivity index (χ0v) is 19.0. The van der Waals surface area contributed by atoms with Crippen molar-refractivity contribution in [3.05, 3.63) is 117 Å². The van der Waals surface area contributed by atoms with Crippen molar-refractivity contribution in [1.82, 2.24) is 4.90 Å². The van der Waals surface area contributed by atoms with E-state index in [4.69, 9.17) is 11.6 Å². The van der Waals surface area contributed by atoms with Crippen LogP contribution >= 0.6 is 11.6 Å². The fourth-order valence-electron chi connectivity index (χ4n) is 3.97. The minimum Gasteiger partial charge on any atom is -0.298 e. The Morgan fingerprint density at radius 1 is 0.909 bits per heavy atom. The first-order valence-corrected chi connectivity index (χ1v) is 12.2. The molecule has 1 aliphatic heterocycles. The minimum atomic E-state index is -3.70. The van der Waals surface area contributed by atoms with Crippen LogP contribution in [-0.4, -0.2) is 32.7 Å². The van der Waals surface area contributed by atoms with E-state index in [-0.39, 0.29) is 11.6 Å². The normalized spacial score (nSPS) is 15.1. The Bertz CT molecular complexity index is 1280. The molecule has 0 aliphatic carbocycles. The molecule has 1 heterocycles. The number of aldehydes is 1. The van der Waals surface area contributed by atoms with Gasteiger partial charge >= 0.3 is 0 Å². The molecule has 4 rings (SSSR count). The van der Waals surface area contributed by atoms with E-state index in [2.05, 4.69) is 4.90 Å². The number of hydrogen-bond donors (Lipinski definition) is 0. The summed E-state index contributed by atoms with van der Waals surface area (Å²) in [7, 11) is -3.70. The van der Waals surface area contributed by atoms with E-state index in [1.165, 1.54) is 5.41 Å². The Kier molecular flexibility index (Phi) is 6.74. The highest BCUT2D eigenvalue weighted by molar-refractivity contribution is 7.93. The largest absolute Gasteiger partial charge is 0.298 e. The van der Waals surface area contributed by atoms with E-state index in [9.17, 15) is 22.0 Å². The topological polar surface area (TPSA) is 54.5 Å². The van der Waals surface area contributed by atoms with Gasteiger partial charge in [0, 0.05) is 35.2 Å². The number of carbonyl (C=O) groups is 1. The molecule has 33 heavy (non-hydrogen) atoms. The maximum atomic E-state index is 13.4. The van der Waals surface area contributed by atoms with Crippen LogP contribution < -0.4 is 0 Å². The zero-order valence-electron chi connectivity index (χ0n) is 17.4. The number of carbonyl (C=O) groups excluding carboxylic acids is 1. The van der Waals surface area contributed by atoms with Gasteiger partial charge in [0.25, 0.3) is 0 Å². The minimum absolute atomic E-state index is 0.0647. The summed E-state index contributed by atoms with van der Waals surface area (Å²) in [6.45, 7) is 0.832. The van der Waals surface area contributed by atoms with Crippen molar-refractivity contribution < 1.29 is 22.0 Å². The van der Waals surface area contributed by atoms with Crippen LogP contribution in [0.4, 0.5) is 8.78 Å². The molecule has 1 unspecified atom stereocenters. The number of benzene rings is 3. The van der Waals surface area contributed by atoms with Crippen LogP contribution in [0.2, 0.25) is 5.02 Å². The molecular weight excluding hydrogens is 468 g/mol. The van der Waals surface area contributed by atoms with Crippen LogP contribution in [0.1, 0.15) is 33.1 Å². The lowest BCUT2D eigenvalue weighted by molar-refractivity contribution is 0.112. The Balaban J connectivity index is 1.54. The first-order chi connectivity index (χ1) is 15.7. The summed E-state index contributed by atoms with van der Waals surface area (Å²) in [6, 6.07) is 17.2. The van der Waals surface area contributed by atoms with Gasteiger partial charge in [0.1, 0.15) is 17.9 Å². The molecule has 3 aromatic carbocycles. The first kappa shape index (κ1) is 23.3. The van der Waals surface area contributed by atoms with Crippen LogP contribution in [0.3, 0.4) is 0 Å². The molecule has 3 aromatic rings. The van der Waals surface area contributed by atoms with Gasteiger partial charge in [-0.25, -0.2) is 17.2 Å². The summed E-state index contributed by atoms with van der Waals surface area (Å²) in [5, 5.41) is 1.80. The number of sulfone groups is 1. The smallest absolute Gasteiger partial charge is 0.175 e. The van der Waals surface area contributed by atoms with E-state index >= 15 is 0 Å². The molecule has 0 amide bonds. The molecule has 0 saturated carbocycles. The van der Waals surface area contributed by atoms with Crippen molar-refractivity contribution in [2.24, 2.45) is 0 Å². The molecule has 1 fully saturated rings. The van der Waals surface area contributed by atoms with Gasteiger partial charge in [-0.1, -0.05) is 48.0 Å². The lowest BCUT2D eigenvalue weighted by Crippen LogP contribution is -2.43. The monoisotopic (exact) mass is 487 g/mol. The van der Waals surface area contributed by atoms with Gasteiger partial charge < -0.3 is 0 Å². The zero-order chi connectivity index (χ0) is 23.6. The molecule has 0 radical (unpaired) electrons. The standard InChI is InChI=1S/C25H20ClF2NO3S/c26-22-7-5-21(6-8-22)25(20-3-1-17(14-30)2-4-20)29-12-19(13-29)16-33(31,32)15-18-9-23(27)11-24(28)10-18/h1-11,14,16,25H,12-13,15H2. The van der Waals surface area contributed by atoms with Gasteiger partial charge in [-0.2, -0.15) is 0 Å². The number of hydrogen-bond acceptors (Lipinski definition) is 4. The van der Waals surface area contributed by atoms with Gasteiger partial charge in [-0.15, -0.1) is 0 Å². The Hall–Kier alpha value is -2.87. The fraction of sp³-hybridized carbons (Fsp3) is 0.160. The molecule has 4 nitrogen and oxygen atoms in total. The summed E-state index contributed by atoms with van der Waals surface area (Å²) in [5.41, 5.74) is 3.28. The number of nitrogens with zero attached hydrogens (tertiary/aromatic N) is 1. The molecule has 1 saturated heterocycles. The van der Waals surface area contributed by atoms with Gasteiger partial charge in [-0.05, 0) is 46.5 Å². The second-order valence-corrected chi connectivity index (χ2v) is 10.3. The summed E-state index contributed by atoms with van der Waals surface area (Å²) in [5.74, 6) is -2.10. The Morgan fingerprint density at radius 3 is 2.00 bits per heavy atom. The van der Waals surface area contributed by atoms with E-state index in [0.717, 1.165) is 29.5 Å². The van der Waals surface area contributed by atoms with E-state index in [0.29, 0.717) is 35.3 Å². The van der Waals surface area contributed by atoms with Crippen LogP contribution in [0.5, 0.6) is 0 Å². The van der Waals surface area contributed by atoms with E-state index in [1.807, 2.05) is 24.3 Å². The number of likely N-dealkylation sites (tertiary alicyclic amines) is 1. The summed E-state index contributed by atoms with van der Waals surface area (Å²) >= 11 is 6.04.